The molecule has 1 aliphatic heterocycles. The molecule has 0 aliphatic carbocycles. The number of pyridine rings is 1. The number of nitrogens with zero attached hydrogens (tertiary/aromatic N) is 2. The van der Waals surface area contributed by atoms with Crippen molar-refractivity contribution < 1.29 is 5.11 Å². The number of benzene rings is 1. The van der Waals surface area contributed by atoms with Gasteiger partial charge in [0.25, 0.3) is 0 Å². The van der Waals surface area contributed by atoms with E-state index in [1.54, 1.807) is 6.20 Å². The molecule has 21 heavy (non-hydrogen) atoms. The number of aromatic nitrogens is 1. The van der Waals surface area contributed by atoms with Crippen LogP contribution < -0.4 is 0 Å². The first kappa shape index (κ1) is 14.2. The van der Waals surface area contributed by atoms with Crippen LogP contribution in [0.25, 0.3) is 11.1 Å². The number of hydrogen-bond acceptors (Lipinski definition) is 3. The lowest BCUT2D eigenvalue weighted by Gasteiger charge is -2.24. The predicted octanol–water partition coefficient (Wildman–Crippen LogP) is 3.40. The maximum absolute atomic E-state index is 9.23. The van der Waals surface area contributed by atoms with E-state index in [0.29, 0.717) is 11.7 Å². The lowest BCUT2D eigenvalue weighted by molar-refractivity contribution is 0.263. The first-order valence-electron chi connectivity index (χ1n) is 7.68. The molecule has 3 nitrogen and oxygen atoms in total. The Balaban J connectivity index is 1.88. The molecule has 3 rings (SSSR count). The molecule has 1 unspecified atom stereocenters. The summed E-state index contributed by atoms with van der Waals surface area (Å²) >= 11 is 0. The Morgan fingerprint density at radius 3 is 2.67 bits per heavy atom. The van der Waals surface area contributed by atoms with Gasteiger partial charge in [-0.1, -0.05) is 18.2 Å². The van der Waals surface area contributed by atoms with Crippen molar-refractivity contribution in [1.29, 1.82) is 0 Å². The lowest BCUT2D eigenvalue weighted by atomic mass is 9.99. The minimum absolute atomic E-state index is 0.0162. The summed E-state index contributed by atoms with van der Waals surface area (Å²) in [5, 5.41) is 9.23. The van der Waals surface area contributed by atoms with Crippen LogP contribution in [0.5, 0.6) is 0 Å². The largest absolute Gasteiger partial charge is 0.390 e. The van der Waals surface area contributed by atoms with Gasteiger partial charge in [0, 0.05) is 12.2 Å². The van der Waals surface area contributed by atoms with Crippen LogP contribution in [-0.2, 0) is 6.61 Å². The van der Waals surface area contributed by atoms with Gasteiger partial charge < -0.3 is 5.11 Å². The standard InChI is InChI=1S/C18H22N2O/c1-14(20-9-2-3-10-20)15-5-4-6-16(11-15)17-7-8-19-18(12-17)13-21/h4-8,11-12,14,21H,2-3,9-10,13H2,1H3. The van der Waals surface area contributed by atoms with E-state index in [1.807, 2.05) is 12.1 Å². The minimum atomic E-state index is -0.0162. The van der Waals surface area contributed by atoms with E-state index in [0.717, 1.165) is 5.56 Å². The van der Waals surface area contributed by atoms with Crippen molar-refractivity contribution in [3.63, 3.8) is 0 Å². The molecule has 0 saturated carbocycles. The van der Waals surface area contributed by atoms with E-state index < -0.39 is 0 Å². The highest BCUT2D eigenvalue weighted by molar-refractivity contribution is 5.64. The van der Waals surface area contributed by atoms with E-state index in [1.165, 1.54) is 37.1 Å². The van der Waals surface area contributed by atoms with Gasteiger partial charge in [-0.3, -0.25) is 9.88 Å². The maximum Gasteiger partial charge on any atom is 0.0853 e. The van der Waals surface area contributed by atoms with Crippen LogP contribution in [0.3, 0.4) is 0 Å². The first-order valence-corrected chi connectivity index (χ1v) is 7.68. The Morgan fingerprint density at radius 2 is 1.90 bits per heavy atom. The normalized spacial score (nSPS) is 17.0. The van der Waals surface area contributed by atoms with Crippen LogP contribution in [0.15, 0.2) is 42.6 Å². The SMILES string of the molecule is CC(c1cccc(-c2ccnc(CO)c2)c1)N1CCCC1. The number of aliphatic hydroxyl groups excluding tert-OH is 1. The number of hydrogen-bond donors (Lipinski definition) is 1. The summed E-state index contributed by atoms with van der Waals surface area (Å²) in [6, 6.07) is 13.1. The summed E-state index contributed by atoms with van der Waals surface area (Å²) in [7, 11) is 0. The van der Waals surface area contributed by atoms with Crippen molar-refractivity contribution in [2.75, 3.05) is 13.1 Å². The zero-order chi connectivity index (χ0) is 14.7. The quantitative estimate of drug-likeness (QED) is 0.933. The molecular formula is C18H22N2O. The van der Waals surface area contributed by atoms with Crippen LogP contribution >= 0.6 is 0 Å². The van der Waals surface area contributed by atoms with Crippen LogP contribution in [0.4, 0.5) is 0 Å². The summed E-state index contributed by atoms with van der Waals surface area (Å²) in [4.78, 5) is 6.69. The van der Waals surface area contributed by atoms with E-state index >= 15 is 0 Å². The molecule has 1 atom stereocenters. The molecule has 1 aromatic carbocycles. The highest BCUT2D eigenvalue weighted by Crippen LogP contribution is 2.28. The van der Waals surface area contributed by atoms with E-state index in [4.69, 9.17) is 0 Å². The van der Waals surface area contributed by atoms with Gasteiger partial charge in [-0.05, 0) is 67.7 Å². The van der Waals surface area contributed by atoms with Gasteiger partial charge in [0.15, 0.2) is 0 Å². The summed E-state index contributed by atoms with van der Waals surface area (Å²) in [6.45, 7) is 4.68. The first-order chi connectivity index (χ1) is 10.3. The molecule has 0 amide bonds. The maximum atomic E-state index is 9.23. The van der Waals surface area contributed by atoms with Crippen molar-refractivity contribution in [2.24, 2.45) is 0 Å². The van der Waals surface area contributed by atoms with Gasteiger partial charge in [0.05, 0.1) is 12.3 Å². The Bertz CT molecular complexity index is 606. The smallest absolute Gasteiger partial charge is 0.0853 e. The molecule has 2 heterocycles. The number of aliphatic hydroxyl groups is 1. The fraction of sp³-hybridized carbons (Fsp3) is 0.389. The molecule has 1 aromatic heterocycles. The zero-order valence-electron chi connectivity index (χ0n) is 12.5. The molecule has 0 bridgehead atoms. The monoisotopic (exact) mass is 282 g/mol. The molecule has 0 radical (unpaired) electrons. The summed E-state index contributed by atoms with van der Waals surface area (Å²) < 4.78 is 0. The van der Waals surface area contributed by atoms with Crippen molar-refractivity contribution in [3.8, 4) is 11.1 Å². The van der Waals surface area contributed by atoms with Crippen LogP contribution in [-0.4, -0.2) is 28.1 Å². The van der Waals surface area contributed by atoms with Crippen molar-refractivity contribution in [2.45, 2.75) is 32.4 Å². The van der Waals surface area contributed by atoms with Crippen molar-refractivity contribution in [1.82, 2.24) is 9.88 Å². The number of likely N-dealkylation sites (tertiary alicyclic amines) is 1. The Kier molecular flexibility index (Phi) is 4.32. The van der Waals surface area contributed by atoms with E-state index in [9.17, 15) is 5.11 Å². The van der Waals surface area contributed by atoms with Gasteiger partial charge in [0.2, 0.25) is 0 Å². The average Bonchev–Trinajstić information content (AvgIpc) is 3.09. The molecule has 1 fully saturated rings. The van der Waals surface area contributed by atoms with Crippen LogP contribution in [0.2, 0.25) is 0 Å². The lowest BCUT2D eigenvalue weighted by Crippen LogP contribution is -2.23. The number of rotatable bonds is 4. The third-order valence-corrected chi connectivity index (χ3v) is 4.37. The molecule has 110 valence electrons. The van der Waals surface area contributed by atoms with Gasteiger partial charge in [-0.2, -0.15) is 0 Å². The van der Waals surface area contributed by atoms with Crippen LogP contribution in [0, 0.1) is 0 Å². The van der Waals surface area contributed by atoms with E-state index in [2.05, 4.69) is 41.1 Å². The van der Waals surface area contributed by atoms with Crippen molar-refractivity contribution in [3.05, 3.63) is 53.9 Å². The topological polar surface area (TPSA) is 36.4 Å². The molecule has 0 spiro atoms. The molecule has 3 heteroatoms. The molecule has 1 N–H and O–H groups in total. The van der Waals surface area contributed by atoms with Gasteiger partial charge in [-0.25, -0.2) is 0 Å². The summed E-state index contributed by atoms with van der Waals surface area (Å²) in [5.41, 5.74) is 4.38. The fourth-order valence-electron chi connectivity index (χ4n) is 3.06. The second-order valence-electron chi connectivity index (χ2n) is 5.74. The minimum Gasteiger partial charge on any atom is -0.390 e. The zero-order valence-corrected chi connectivity index (χ0v) is 12.5. The Labute approximate surface area is 126 Å². The van der Waals surface area contributed by atoms with Gasteiger partial charge in [-0.15, -0.1) is 0 Å². The Hall–Kier alpha value is -1.71. The molecule has 2 aromatic rings. The second kappa shape index (κ2) is 6.37. The van der Waals surface area contributed by atoms with Crippen LogP contribution in [0.1, 0.15) is 37.1 Å². The second-order valence-corrected chi connectivity index (χ2v) is 5.74. The van der Waals surface area contributed by atoms with Gasteiger partial charge in [0.1, 0.15) is 0 Å². The predicted molar refractivity (Wildman–Crippen MR) is 84.8 cm³/mol. The fourth-order valence-corrected chi connectivity index (χ4v) is 3.06. The highest BCUT2D eigenvalue weighted by Gasteiger charge is 2.19. The molecule has 1 saturated heterocycles. The van der Waals surface area contributed by atoms with Gasteiger partial charge >= 0.3 is 0 Å². The summed E-state index contributed by atoms with van der Waals surface area (Å²) in [5.74, 6) is 0. The van der Waals surface area contributed by atoms with E-state index in [-0.39, 0.29) is 6.61 Å². The third kappa shape index (κ3) is 3.14. The third-order valence-electron chi connectivity index (χ3n) is 4.37. The average molecular weight is 282 g/mol. The summed E-state index contributed by atoms with van der Waals surface area (Å²) in [6.07, 6.45) is 4.39. The molecular weight excluding hydrogens is 260 g/mol. The highest BCUT2D eigenvalue weighted by atomic mass is 16.3. The molecule has 1 aliphatic rings. The van der Waals surface area contributed by atoms with Crippen molar-refractivity contribution >= 4 is 0 Å². The Morgan fingerprint density at radius 1 is 1.14 bits per heavy atom.